The zero-order valence-corrected chi connectivity index (χ0v) is 14.1. The number of piperidine rings is 1. The molecule has 1 saturated heterocycles. The maximum Gasteiger partial charge on any atom is 0.340 e. The van der Waals surface area contributed by atoms with Crippen LogP contribution in [-0.4, -0.2) is 49.8 Å². The number of nitrogens with one attached hydrogen (secondary N) is 1. The predicted octanol–water partition coefficient (Wildman–Crippen LogP) is 2.96. The van der Waals surface area contributed by atoms with Crippen molar-refractivity contribution in [1.29, 1.82) is 0 Å². The van der Waals surface area contributed by atoms with Crippen molar-refractivity contribution in [2.45, 2.75) is 31.8 Å². The number of anilines is 1. The Labute approximate surface area is 139 Å². The molecular weight excluding hydrogens is 316 g/mol. The Morgan fingerprint density at radius 2 is 2.17 bits per heavy atom. The van der Waals surface area contributed by atoms with Crippen molar-refractivity contribution in [3.8, 4) is 0 Å². The van der Waals surface area contributed by atoms with Gasteiger partial charge in [0.1, 0.15) is 0 Å². The first kappa shape index (κ1) is 16.3. The largest absolute Gasteiger partial charge is 0.465 e. The standard InChI is InChI=1S/C16H22N2O4S/c1-21-15(19)13-9-23-10-14(13)17-16(20)18-6-2-3-12(7-18)22-8-11-4-5-11/h9-12H,2-8H2,1H3,(H,17,20)/t12-/m1/s1. The van der Waals surface area contributed by atoms with Crippen LogP contribution in [0.2, 0.25) is 0 Å². The number of likely N-dealkylation sites (tertiary alicyclic amines) is 1. The summed E-state index contributed by atoms with van der Waals surface area (Å²) in [6.45, 7) is 2.14. The molecule has 0 spiro atoms. The van der Waals surface area contributed by atoms with Gasteiger partial charge in [0, 0.05) is 30.5 Å². The Balaban J connectivity index is 1.54. The summed E-state index contributed by atoms with van der Waals surface area (Å²) >= 11 is 1.36. The highest BCUT2D eigenvalue weighted by Crippen LogP contribution is 2.30. The number of thiophene rings is 1. The third-order valence-electron chi connectivity index (χ3n) is 4.24. The summed E-state index contributed by atoms with van der Waals surface area (Å²) in [6.07, 6.45) is 4.60. The zero-order valence-electron chi connectivity index (χ0n) is 13.2. The van der Waals surface area contributed by atoms with E-state index in [-0.39, 0.29) is 12.1 Å². The van der Waals surface area contributed by atoms with Crippen LogP contribution >= 0.6 is 11.3 Å². The second-order valence-corrected chi connectivity index (χ2v) is 6.85. The van der Waals surface area contributed by atoms with Gasteiger partial charge in [-0.05, 0) is 31.6 Å². The first-order valence-corrected chi connectivity index (χ1v) is 8.93. The molecule has 7 heteroatoms. The van der Waals surface area contributed by atoms with E-state index < -0.39 is 5.97 Å². The van der Waals surface area contributed by atoms with Crippen LogP contribution in [0.15, 0.2) is 10.8 Å². The summed E-state index contributed by atoms with van der Waals surface area (Å²) in [5.41, 5.74) is 0.900. The van der Waals surface area contributed by atoms with Crippen LogP contribution in [0.4, 0.5) is 10.5 Å². The third-order valence-corrected chi connectivity index (χ3v) is 4.98. The summed E-state index contributed by atoms with van der Waals surface area (Å²) in [6, 6.07) is -0.187. The van der Waals surface area contributed by atoms with E-state index in [0.717, 1.165) is 25.4 Å². The van der Waals surface area contributed by atoms with Crippen LogP contribution in [0.3, 0.4) is 0 Å². The first-order chi connectivity index (χ1) is 11.2. The van der Waals surface area contributed by atoms with Gasteiger partial charge in [0.2, 0.25) is 0 Å². The summed E-state index contributed by atoms with van der Waals surface area (Å²) in [7, 11) is 1.33. The maximum absolute atomic E-state index is 12.4. The van der Waals surface area contributed by atoms with Crippen LogP contribution < -0.4 is 5.32 Å². The second kappa shape index (κ2) is 7.31. The number of hydrogen-bond donors (Lipinski definition) is 1. The van der Waals surface area contributed by atoms with Gasteiger partial charge >= 0.3 is 12.0 Å². The molecule has 0 bridgehead atoms. The summed E-state index contributed by atoms with van der Waals surface area (Å²) in [5.74, 6) is 0.290. The van der Waals surface area contributed by atoms with Crippen molar-refractivity contribution < 1.29 is 19.1 Å². The molecule has 1 saturated carbocycles. The second-order valence-electron chi connectivity index (χ2n) is 6.11. The van der Waals surface area contributed by atoms with Gasteiger partial charge in [-0.1, -0.05) is 0 Å². The molecule has 1 aliphatic carbocycles. The van der Waals surface area contributed by atoms with Gasteiger partial charge in [-0.25, -0.2) is 9.59 Å². The lowest BCUT2D eigenvalue weighted by molar-refractivity contribution is 0.00597. The molecule has 1 N–H and O–H groups in total. The highest BCUT2D eigenvalue weighted by atomic mass is 32.1. The monoisotopic (exact) mass is 338 g/mol. The number of rotatable bonds is 5. The number of carbonyl (C=O) groups excluding carboxylic acids is 2. The predicted molar refractivity (Wildman–Crippen MR) is 87.9 cm³/mol. The Bertz CT molecular complexity index is 570. The average molecular weight is 338 g/mol. The molecule has 1 aromatic rings. The summed E-state index contributed by atoms with van der Waals surface area (Å²) < 4.78 is 10.6. The van der Waals surface area contributed by atoms with Crippen molar-refractivity contribution in [2.24, 2.45) is 5.92 Å². The van der Waals surface area contributed by atoms with Crippen LogP contribution in [-0.2, 0) is 9.47 Å². The Kier molecular flexibility index (Phi) is 5.17. The van der Waals surface area contributed by atoms with E-state index in [1.54, 1.807) is 15.7 Å². The molecule has 3 rings (SSSR count). The van der Waals surface area contributed by atoms with Crippen LogP contribution in [0.1, 0.15) is 36.0 Å². The number of urea groups is 1. The summed E-state index contributed by atoms with van der Waals surface area (Å²) in [5, 5.41) is 6.24. The van der Waals surface area contributed by atoms with E-state index in [0.29, 0.717) is 24.3 Å². The Morgan fingerprint density at radius 3 is 2.91 bits per heavy atom. The molecule has 0 unspecified atom stereocenters. The van der Waals surface area contributed by atoms with Gasteiger partial charge in [-0.2, -0.15) is 0 Å². The summed E-state index contributed by atoms with van der Waals surface area (Å²) in [4.78, 5) is 25.9. The SMILES string of the molecule is COC(=O)c1cscc1NC(=O)N1CCC[C@@H](OCC2CC2)C1. The minimum Gasteiger partial charge on any atom is -0.465 e. The lowest BCUT2D eigenvalue weighted by atomic mass is 10.1. The van der Waals surface area contributed by atoms with Crippen molar-refractivity contribution in [2.75, 3.05) is 32.1 Å². The molecule has 0 radical (unpaired) electrons. The number of hydrogen-bond acceptors (Lipinski definition) is 5. The van der Waals surface area contributed by atoms with E-state index in [9.17, 15) is 9.59 Å². The normalized spacial score (nSPS) is 21.1. The number of carbonyl (C=O) groups is 2. The van der Waals surface area contributed by atoms with Gasteiger partial charge < -0.3 is 19.7 Å². The molecule has 2 aliphatic rings. The minimum atomic E-state index is -0.439. The third kappa shape index (κ3) is 4.23. The highest BCUT2D eigenvalue weighted by molar-refractivity contribution is 7.08. The van der Waals surface area contributed by atoms with Crippen molar-refractivity contribution in [3.63, 3.8) is 0 Å². The van der Waals surface area contributed by atoms with Crippen molar-refractivity contribution in [1.82, 2.24) is 4.90 Å². The molecule has 6 nitrogen and oxygen atoms in total. The number of ether oxygens (including phenoxy) is 2. The van der Waals surface area contributed by atoms with Gasteiger partial charge in [-0.15, -0.1) is 11.3 Å². The Hall–Kier alpha value is -1.60. The van der Waals surface area contributed by atoms with Crippen LogP contribution in [0.5, 0.6) is 0 Å². The van der Waals surface area contributed by atoms with E-state index in [2.05, 4.69) is 5.32 Å². The zero-order chi connectivity index (χ0) is 16.2. The van der Waals surface area contributed by atoms with Crippen LogP contribution in [0, 0.1) is 5.92 Å². The number of esters is 1. The number of methoxy groups -OCH3 is 1. The minimum absolute atomic E-state index is 0.123. The topological polar surface area (TPSA) is 67.9 Å². The fourth-order valence-electron chi connectivity index (χ4n) is 2.67. The Morgan fingerprint density at radius 1 is 1.35 bits per heavy atom. The van der Waals surface area contributed by atoms with Crippen molar-refractivity contribution >= 4 is 29.0 Å². The van der Waals surface area contributed by atoms with E-state index in [1.165, 1.54) is 31.3 Å². The smallest absolute Gasteiger partial charge is 0.340 e. The van der Waals surface area contributed by atoms with Gasteiger partial charge in [-0.3, -0.25) is 0 Å². The van der Waals surface area contributed by atoms with Gasteiger partial charge in [0.05, 0.1) is 24.5 Å². The first-order valence-electron chi connectivity index (χ1n) is 7.99. The molecule has 1 atom stereocenters. The molecule has 2 fully saturated rings. The van der Waals surface area contributed by atoms with Crippen molar-refractivity contribution in [3.05, 3.63) is 16.3 Å². The average Bonchev–Trinajstić information content (AvgIpc) is 3.30. The number of amides is 2. The molecule has 23 heavy (non-hydrogen) atoms. The molecular formula is C16H22N2O4S. The molecule has 1 aliphatic heterocycles. The lowest BCUT2D eigenvalue weighted by Crippen LogP contribution is -2.45. The van der Waals surface area contributed by atoms with Gasteiger partial charge in [0.15, 0.2) is 0 Å². The maximum atomic E-state index is 12.4. The molecule has 1 aromatic heterocycles. The lowest BCUT2D eigenvalue weighted by Gasteiger charge is -2.32. The van der Waals surface area contributed by atoms with Gasteiger partial charge in [0.25, 0.3) is 0 Å². The fraction of sp³-hybridized carbons (Fsp3) is 0.625. The van der Waals surface area contributed by atoms with Crippen LogP contribution in [0.25, 0.3) is 0 Å². The van der Waals surface area contributed by atoms with E-state index in [4.69, 9.17) is 9.47 Å². The fourth-order valence-corrected chi connectivity index (χ4v) is 3.42. The molecule has 2 amide bonds. The quantitative estimate of drug-likeness (QED) is 0.838. The van der Waals surface area contributed by atoms with E-state index in [1.807, 2.05) is 0 Å². The van der Waals surface area contributed by atoms with E-state index >= 15 is 0 Å². The molecule has 126 valence electrons. The molecule has 0 aromatic carbocycles. The molecule has 2 heterocycles. The highest BCUT2D eigenvalue weighted by Gasteiger charge is 2.28. The number of nitrogens with zero attached hydrogens (tertiary/aromatic N) is 1.